The van der Waals surface area contributed by atoms with Crippen LogP contribution in [0.1, 0.15) is 25.5 Å². The van der Waals surface area contributed by atoms with E-state index in [-0.39, 0.29) is 35.0 Å². The van der Waals surface area contributed by atoms with Gasteiger partial charge in [-0.05, 0) is 26.7 Å². The Morgan fingerprint density at radius 3 is 2.45 bits per heavy atom. The molecule has 1 saturated heterocycles. The molecule has 1 fully saturated rings. The summed E-state index contributed by atoms with van der Waals surface area (Å²) in [5, 5.41) is 4.15. The van der Waals surface area contributed by atoms with Crippen LogP contribution in [0.3, 0.4) is 0 Å². The minimum Gasteiger partial charge on any atom is -0.466 e. The van der Waals surface area contributed by atoms with Gasteiger partial charge in [0, 0.05) is 20.1 Å². The molecular weight excluding hydrogens is 330 g/mol. The predicted octanol–water partition coefficient (Wildman–Crippen LogP) is 1.35. The molecule has 0 radical (unpaired) electrons. The molecule has 1 aliphatic heterocycles. The van der Waals surface area contributed by atoms with Crippen LogP contribution >= 0.6 is 11.6 Å². The molecule has 22 heavy (non-hydrogen) atoms. The zero-order chi connectivity index (χ0) is 16.5. The minimum absolute atomic E-state index is 0.0475. The van der Waals surface area contributed by atoms with Crippen LogP contribution in [0.25, 0.3) is 0 Å². The molecule has 0 bridgehead atoms. The van der Waals surface area contributed by atoms with E-state index in [0.29, 0.717) is 25.1 Å². The quantitative estimate of drug-likeness (QED) is 0.766. The van der Waals surface area contributed by atoms with Gasteiger partial charge in [-0.25, -0.2) is 8.42 Å². The van der Waals surface area contributed by atoms with Gasteiger partial charge >= 0.3 is 5.97 Å². The second-order valence-corrected chi connectivity index (χ2v) is 7.49. The number of rotatable bonds is 4. The van der Waals surface area contributed by atoms with Crippen molar-refractivity contribution in [1.29, 1.82) is 0 Å². The number of nitrogens with zero attached hydrogens (tertiary/aromatic N) is 3. The Labute approximate surface area is 135 Å². The molecule has 2 rings (SSSR count). The van der Waals surface area contributed by atoms with Crippen molar-refractivity contribution in [3.63, 3.8) is 0 Å². The summed E-state index contributed by atoms with van der Waals surface area (Å²) in [6.45, 7) is 4.25. The number of piperidine rings is 1. The molecule has 1 aromatic heterocycles. The number of aryl methyl sites for hydroxylation is 2. The minimum atomic E-state index is -3.70. The van der Waals surface area contributed by atoms with Gasteiger partial charge in [-0.15, -0.1) is 0 Å². The van der Waals surface area contributed by atoms with Crippen molar-refractivity contribution < 1.29 is 17.9 Å². The van der Waals surface area contributed by atoms with Gasteiger partial charge in [0.1, 0.15) is 10.0 Å². The van der Waals surface area contributed by atoms with E-state index < -0.39 is 10.0 Å². The van der Waals surface area contributed by atoms with Gasteiger partial charge in [0.25, 0.3) is 0 Å². The summed E-state index contributed by atoms with van der Waals surface area (Å²) in [6, 6.07) is 0. The Morgan fingerprint density at radius 1 is 1.41 bits per heavy atom. The summed E-state index contributed by atoms with van der Waals surface area (Å²) >= 11 is 6.06. The Kier molecular flexibility index (Phi) is 5.14. The average molecular weight is 350 g/mol. The van der Waals surface area contributed by atoms with E-state index in [1.54, 1.807) is 20.9 Å². The molecule has 0 aliphatic carbocycles. The van der Waals surface area contributed by atoms with Crippen LogP contribution in [0.2, 0.25) is 5.15 Å². The maximum atomic E-state index is 12.7. The first kappa shape index (κ1) is 17.2. The smallest absolute Gasteiger partial charge is 0.309 e. The third-order valence-corrected chi connectivity index (χ3v) is 6.37. The lowest BCUT2D eigenvalue weighted by Gasteiger charge is -2.29. The topological polar surface area (TPSA) is 81.5 Å². The van der Waals surface area contributed by atoms with Crippen LogP contribution in [0.15, 0.2) is 4.90 Å². The van der Waals surface area contributed by atoms with E-state index in [0.717, 1.165) is 0 Å². The van der Waals surface area contributed by atoms with Gasteiger partial charge in [0.15, 0.2) is 0 Å². The van der Waals surface area contributed by atoms with Crippen molar-refractivity contribution in [3.05, 3.63) is 10.8 Å². The SMILES string of the molecule is CCOC(=O)C1CCN(S(=O)(=O)c2c(C)nn(C)c2Cl)CC1. The van der Waals surface area contributed by atoms with Gasteiger partial charge in [-0.3, -0.25) is 9.48 Å². The molecule has 0 aromatic carbocycles. The molecule has 0 atom stereocenters. The van der Waals surface area contributed by atoms with Crippen molar-refractivity contribution in [2.75, 3.05) is 19.7 Å². The standard InChI is InChI=1S/C13H20ClN3O4S/c1-4-21-13(18)10-5-7-17(8-6-10)22(19,20)11-9(2)15-16(3)12(11)14/h10H,4-8H2,1-3H3. The summed E-state index contributed by atoms with van der Waals surface area (Å²) < 4.78 is 33.1. The third kappa shape index (κ3) is 3.13. The lowest BCUT2D eigenvalue weighted by atomic mass is 9.98. The highest BCUT2D eigenvalue weighted by Crippen LogP contribution is 2.30. The largest absolute Gasteiger partial charge is 0.466 e. The van der Waals surface area contributed by atoms with Gasteiger partial charge in [0.05, 0.1) is 18.2 Å². The first-order chi connectivity index (χ1) is 10.3. The molecule has 7 nitrogen and oxygen atoms in total. The first-order valence-corrected chi connectivity index (χ1v) is 8.96. The summed E-state index contributed by atoms with van der Waals surface area (Å²) in [4.78, 5) is 11.8. The monoisotopic (exact) mass is 349 g/mol. The number of carbonyl (C=O) groups is 1. The highest BCUT2D eigenvalue weighted by Gasteiger charge is 2.36. The molecule has 2 heterocycles. The zero-order valence-electron chi connectivity index (χ0n) is 12.9. The summed E-state index contributed by atoms with van der Waals surface area (Å²) in [5.74, 6) is -0.494. The lowest BCUT2D eigenvalue weighted by molar-refractivity contribution is -0.149. The molecule has 0 saturated carbocycles. The number of carbonyl (C=O) groups excluding carboxylic acids is 1. The Morgan fingerprint density at radius 2 is 2.00 bits per heavy atom. The first-order valence-electron chi connectivity index (χ1n) is 7.15. The maximum absolute atomic E-state index is 12.7. The van der Waals surface area contributed by atoms with E-state index in [1.165, 1.54) is 8.99 Å². The average Bonchev–Trinajstić information content (AvgIpc) is 2.73. The molecule has 1 aromatic rings. The fraction of sp³-hybridized carbons (Fsp3) is 0.692. The van der Waals surface area contributed by atoms with Crippen LogP contribution in [0.5, 0.6) is 0 Å². The predicted molar refractivity (Wildman–Crippen MR) is 81.1 cm³/mol. The third-order valence-electron chi connectivity index (χ3n) is 3.77. The van der Waals surface area contributed by atoms with E-state index in [1.807, 2.05) is 0 Å². The summed E-state index contributed by atoms with van der Waals surface area (Å²) in [6.07, 6.45) is 0.907. The molecule has 0 amide bonds. The molecule has 0 unspecified atom stereocenters. The fourth-order valence-electron chi connectivity index (χ4n) is 2.62. The van der Waals surface area contributed by atoms with E-state index in [2.05, 4.69) is 5.10 Å². The molecule has 1 aliphatic rings. The van der Waals surface area contributed by atoms with Crippen LogP contribution < -0.4 is 0 Å². The number of sulfonamides is 1. The normalized spacial score (nSPS) is 17.6. The van der Waals surface area contributed by atoms with Gasteiger partial charge < -0.3 is 4.74 Å². The Hall–Kier alpha value is -1.12. The number of hydrogen-bond donors (Lipinski definition) is 0. The van der Waals surface area contributed by atoms with Gasteiger partial charge in [-0.2, -0.15) is 9.40 Å². The van der Waals surface area contributed by atoms with Crippen molar-refractivity contribution in [1.82, 2.24) is 14.1 Å². The Balaban J connectivity index is 2.15. The number of esters is 1. The molecule has 0 spiro atoms. The second kappa shape index (κ2) is 6.55. The lowest BCUT2D eigenvalue weighted by Crippen LogP contribution is -2.40. The summed E-state index contributed by atoms with van der Waals surface area (Å²) in [7, 11) is -2.10. The number of hydrogen-bond acceptors (Lipinski definition) is 5. The molecule has 0 N–H and O–H groups in total. The number of aromatic nitrogens is 2. The highest BCUT2D eigenvalue weighted by molar-refractivity contribution is 7.89. The van der Waals surface area contributed by atoms with Crippen molar-refractivity contribution in [2.24, 2.45) is 13.0 Å². The molecular formula is C13H20ClN3O4S. The van der Waals surface area contributed by atoms with Gasteiger partial charge in [0.2, 0.25) is 10.0 Å². The molecule has 124 valence electrons. The van der Waals surface area contributed by atoms with E-state index in [4.69, 9.17) is 16.3 Å². The van der Waals surface area contributed by atoms with Crippen molar-refractivity contribution in [3.8, 4) is 0 Å². The van der Waals surface area contributed by atoms with Crippen molar-refractivity contribution >= 4 is 27.6 Å². The fourth-order valence-corrected chi connectivity index (χ4v) is 4.80. The molecule has 9 heteroatoms. The van der Waals surface area contributed by atoms with Gasteiger partial charge in [-0.1, -0.05) is 11.6 Å². The van der Waals surface area contributed by atoms with Crippen molar-refractivity contribution in [2.45, 2.75) is 31.6 Å². The summed E-state index contributed by atoms with van der Waals surface area (Å²) in [5.41, 5.74) is 0.375. The maximum Gasteiger partial charge on any atom is 0.309 e. The van der Waals surface area contributed by atoms with Crippen LogP contribution in [0, 0.1) is 12.8 Å². The van der Waals surface area contributed by atoms with E-state index >= 15 is 0 Å². The van der Waals surface area contributed by atoms with Crippen LogP contribution in [-0.2, 0) is 26.6 Å². The number of ether oxygens (including phenoxy) is 1. The number of halogens is 1. The Bertz CT molecular complexity index is 663. The van der Waals surface area contributed by atoms with Crippen LogP contribution in [-0.4, -0.2) is 48.2 Å². The van der Waals surface area contributed by atoms with Crippen LogP contribution in [0.4, 0.5) is 0 Å². The zero-order valence-corrected chi connectivity index (χ0v) is 14.4. The second-order valence-electron chi connectivity index (χ2n) is 5.26. The highest BCUT2D eigenvalue weighted by atomic mass is 35.5. The van der Waals surface area contributed by atoms with E-state index in [9.17, 15) is 13.2 Å².